The number of nitrogens with one attached hydrogen (secondary N) is 1. The van der Waals surface area contributed by atoms with Crippen molar-refractivity contribution in [3.05, 3.63) is 144 Å². The van der Waals surface area contributed by atoms with Crippen LogP contribution in [-0.2, 0) is 18.9 Å². The maximum absolute atomic E-state index is 13.6. The van der Waals surface area contributed by atoms with Gasteiger partial charge in [0.2, 0.25) is 3.79 Å². The normalized spacial score (nSPS) is 20.3. The molecule has 252 valence electrons. The van der Waals surface area contributed by atoms with Crippen LogP contribution in [0.15, 0.2) is 121 Å². The first-order valence-corrected chi connectivity index (χ1v) is 16.3. The van der Waals surface area contributed by atoms with Gasteiger partial charge in [-0.15, -0.1) is 0 Å². The Morgan fingerprint density at radius 2 is 0.898 bits per heavy atom. The molecule has 0 spiro atoms. The number of benzene rings is 4. The minimum Gasteiger partial charge on any atom is -0.462 e. The monoisotopic (exact) mass is 721 g/mol. The van der Waals surface area contributed by atoms with Crippen molar-refractivity contribution in [3.8, 4) is 0 Å². The molecule has 5 atom stereocenters. The fourth-order valence-corrected chi connectivity index (χ4v) is 5.94. The van der Waals surface area contributed by atoms with E-state index in [0.29, 0.717) is 0 Å². The summed E-state index contributed by atoms with van der Waals surface area (Å²) in [5, 5.41) is 8.89. The number of esters is 4. The molecule has 0 amide bonds. The summed E-state index contributed by atoms with van der Waals surface area (Å²) in [6, 6.07) is 32.3. The zero-order valence-corrected chi connectivity index (χ0v) is 28.0. The van der Waals surface area contributed by atoms with Gasteiger partial charge in [0.15, 0.2) is 12.2 Å². The Morgan fingerprint density at radius 3 is 1.29 bits per heavy atom. The van der Waals surface area contributed by atoms with Gasteiger partial charge in [0.25, 0.3) is 0 Å². The van der Waals surface area contributed by atoms with Gasteiger partial charge in [-0.1, -0.05) is 108 Å². The molecule has 1 aliphatic carbocycles. The highest BCUT2D eigenvalue weighted by Gasteiger charge is 2.55. The van der Waals surface area contributed by atoms with Crippen LogP contribution < -0.4 is 0 Å². The van der Waals surface area contributed by atoms with Crippen LogP contribution in [0.5, 0.6) is 0 Å². The van der Waals surface area contributed by atoms with Crippen molar-refractivity contribution in [2.24, 2.45) is 11.8 Å². The minimum atomic E-state index is -2.27. The second-order valence-corrected chi connectivity index (χ2v) is 13.5. The molecule has 1 aliphatic rings. The Balaban J connectivity index is 1.59. The number of alkyl halides is 3. The predicted molar refractivity (Wildman–Crippen MR) is 183 cm³/mol. The second-order valence-electron chi connectivity index (χ2n) is 11.2. The Hall–Kier alpha value is -4.70. The molecule has 0 aromatic heterocycles. The topological polar surface area (TPSA) is 129 Å². The van der Waals surface area contributed by atoms with Gasteiger partial charge in [0, 0.05) is 11.8 Å². The van der Waals surface area contributed by atoms with E-state index in [1.165, 1.54) is 36.4 Å². The molecule has 0 unspecified atom stereocenters. The molecule has 4 aromatic rings. The van der Waals surface area contributed by atoms with E-state index in [4.69, 9.17) is 59.2 Å². The summed E-state index contributed by atoms with van der Waals surface area (Å²) >= 11 is 18.7. The van der Waals surface area contributed by atoms with Crippen molar-refractivity contribution >= 4 is 64.4 Å². The van der Waals surface area contributed by atoms with E-state index in [2.05, 4.69) is 0 Å². The zero-order chi connectivity index (χ0) is 35.0. The molecule has 1 fully saturated rings. The largest absolute Gasteiger partial charge is 0.462 e. The highest BCUT2D eigenvalue weighted by atomic mass is 35.6. The first kappa shape index (κ1) is 35.6. The van der Waals surface area contributed by atoms with Crippen molar-refractivity contribution in [3.63, 3.8) is 0 Å². The number of ether oxygens (including phenoxy) is 4. The Kier molecular flexibility index (Phi) is 11.7. The van der Waals surface area contributed by atoms with E-state index in [0.717, 1.165) is 0 Å². The molecule has 0 heterocycles. The molecule has 0 aliphatic heterocycles. The molecule has 5 rings (SSSR count). The van der Waals surface area contributed by atoms with Crippen LogP contribution in [0.1, 0.15) is 47.9 Å². The van der Waals surface area contributed by atoms with Crippen molar-refractivity contribution < 1.29 is 38.1 Å². The van der Waals surface area contributed by atoms with E-state index >= 15 is 0 Å². The molecule has 0 bridgehead atoms. The summed E-state index contributed by atoms with van der Waals surface area (Å²) in [6.07, 6.45) is -4.54. The lowest BCUT2D eigenvalue weighted by Crippen LogP contribution is -2.59. The van der Waals surface area contributed by atoms with Crippen LogP contribution in [0, 0.1) is 17.2 Å². The Labute approximate surface area is 297 Å². The molecule has 49 heavy (non-hydrogen) atoms. The van der Waals surface area contributed by atoms with E-state index in [-0.39, 0.29) is 35.3 Å². The predicted octanol–water partition coefficient (Wildman–Crippen LogP) is 7.55. The van der Waals surface area contributed by atoms with Crippen LogP contribution in [0.3, 0.4) is 0 Å². The average molecular weight is 723 g/mol. The summed E-state index contributed by atoms with van der Waals surface area (Å²) in [4.78, 5) is 53.7. The standard InChI is InChI=1S/C37H30Cl3NO8/c38-37(39,40)32(41)28-21-27(22-46-33(42)23-13-5-1-6-14-23)29(47-34(43)24-15-7-2-8-16-24)31(49-36(45)26-19-11-4-12-20-26)30(28)48-35(44)25-17-9-3-10-18-25/h1-20,27-31,41H,21-22H2/t27-,28+,29-,30+,31+/m1/s1. The summed E-state index contributed by atoms with van der Waals surface area (Å²) in [6.45, 7) is -0.358. The van der Waals surface area contributed by atoms with Crippen molar-refractivity contribution in [2.75, 3.05) is 6.61 Å². The molecule has 0 saturated heterocycles. The molecular formula is C37H30Cl3NO8. The highest BCUT2D eigenvalue weighted by molar-refractivity contribution is 6.76. The second kappa shape index (κ2) is 16.1. The van der Waals surface area contributed by atoms with E-state index in [1.807, 2.05) is 0 Å². The molecule has 1 N–H and O–H groups in total. The first-order chi connectivity index (χ1) is 23.5. The van der Waals surface area contributed by atoms with Crippen LogP contribution >= 0.6 is 34.8 Å². The first-order valence-electron chi connectivity index (χ1n) is 15.2. The number of hydrogen-bond donors (Lipinski definition) is 1. The lowest BCUT2D eigenvalue weighted by atomic mass is 9.73. The average Bonchev–Trinajstić information content (AvgIpc) is 3.12. The quantitative estimate of drug-likeness (QED) is 0.0770. The molecule has 4 aromatic carbocycles. The maximum Gasteiger partial charge on any atom is 0.338 e. The van der Waals surface area contributed by atoms with Crippen molar-refractivity contribution in [1.82, 2.24) is 0 Å². The summed E-state index contributed by atoms with van der Waals surface area (Å²) in [5.74, 6) is -5.24. The third kappa shape index (κ3) is 9.06. The lowest BCUT2D eigenvalue weighted by molar-refractivity contribution is -0.142. The van der Waals surface area contributed by atoms with Gasteiger partial charge in [0.1, 0.15) is 6.10 Å². The Morgan fingerprint density at radius 1 is 0.551 bits per heavy atom. The lowest BCUT2D eigenvalue weighted by Gasteiger charge is -2.45. The van der Waals surface area contributed by atoms with Gasteiger partial charge < -0.3 is 24.4 Å². The van der Waals surface area contributed by atoms with Gasteiger partial charge in [0.05, 0.1) is 34.6 Å². The van der Waals surface area contributed by atoms with Crippen LogP contribution in [0.4, 0.5) is 0 Å². The van der Waals surface area contributed by atoms with E-state index in [1.54, 1.807) is 84.9 Å². The summed E-state index contributed by atoms with van der Waals surface area (Å²) < 4.78 is 21.5. The van der Waals surface area contributed by atoms with Crippen LogP contribution in [0.2, 0.25) is 0 Å². The zero-order valence-electron chi connectivity index (χ0n) is 25.7. The van der Waals surface area contributed by atoms with Gasteiger partial charge in [-0.25, -0.2) is 19.2 Å². The number of carbonyl (C=O) groups excluding carboxylic acids is 4. The number of halogens is 3. The molecule has 12 heteroatoms. The molecule has 0 radical (unpaired) electrons. The highest BCUT2D eigenvalue weighted by Crippen LogP contribution is 2.42. The third-order valence-electron chi connectivity index (χ3n) is 7.94. The van der Waals surface area contributed by atoms with Gasteiger partial charge >= 0.3 is 23.9 Å². The Bertz CT molecular complexity index is 1770. The number of hydrogen-bond acceptors (Lipinski definition) is 9. The maximum atomic E-state index is 13.6. The number of carbonyl (C=O) groups is 4. The van der Waals surface area contributed by atoms with Crippen LogP contribution in [0.25, 0.3) is 0 Å². The summed E-state index contributed by atoms with van der Waals surface area (Å²) in [7, 11) is 0. The van der Waals surface area contributed by atoms with Gasteiger partial charge in [-0.05, 0) is 55.0 Å². The minimum absolute atomic E-state index is 0.131. The SMILES string of the molecule is N=C([C@H]1C[C@H](COC(=O)c2ccccc2)[C@@H](OC(=O)c2ccccc2)[C@H](OC(=O)c2ccccc2)[C@H]1OC(=O)c1ccccc1)C(Cl)(Cl)Cl. The fraction of sp³-hybridized carbons (Fsp3) is 0.216. The van der Waals surface area contributed by atoms with E-state index in [9.17, 15) is 19.2 Å². The molecular weight excluding hydrogens is 693 g/mol. The van der Waals surface area contributed by atoms with Gasteiger partial charge in [-0.3, -0.25) is 0 Å². The van der Waals surface area contributed by atoms with Crippen LogP contribution in [-0.4, -0.2) is 58.3 Å². The molecule has 9 nitrogen and oxygen atoms in total. The number of rotatable bonds is 10. The summed E-state index contributed by atoms with van der Waals surface area (Å²) in [5.41, 5.74) is 0.283. The van der Waals surface area contributed by atoms with Gasteiger partial charge in [-0.2, -0.15) is 0 Å². The smallest absolute Gasteiger partial charge is 0.338 e. The third-order valence-corrected chi connectivity index (χ3v) is 8.55. The fourth-order valence-electron chi connectivity index (χ4n) is 5.52. The van der Waals surface area contributed by atoms with Crippen molar-refractivity contribution in [1.29, 1.82) is 5.41 Å². The van der Waals surface area contributed by atoms with Crippen molar-refractivity contribution in [2.45, 2.75) is 28.5 Å². The molecule has 1 saturated carbocycles. The van der Waals surface area contributed by atoms with E-state index < -0.39 is 63.5 Å².